The number of fused-ring (bicyclic) bond motifs is 1. The molecular formula is C24H28Cl2F3N5O. The summed E-state index contributed by atoms with van der Waals surface area (Å²) < 4.78 is 47.0. The van der Waals surface area contributed by atoms with Crippen LogP contribution < -0.4 is 15.4 Å². The molecule has 11 heteroatoms. The van der Waals surface area contributed by atoms with Crippen LogP contribution in [-0.2, 0) is 0 Å². The van der Waals surface area contributed by atoms with E-state index >= 15 is 0 Å². The number of benzene rings is 1. The van der Waals surface area contributed by atoms with Gasteiger partial charge in [-0.05, 0) is 38.8 Å². The van der Waals surface area contributed by atoms with Gasteiger partial charge in [0, 0.05) is 36.5 Å². The van der Waals surface area contributed by atoms with Crippen LogP contribution in [0.2, 0.25) is 10.0 Å². The van der Waals surface area contributed by atoms with Gasteiger partial charge >= 0.3 is 6.18 Å². The lowest BCUT2D eigenvalue weighted by atomic mass is 9.84. The number of alkyl halides is 3. The molecule has 6 nitrogen and oxygen atoms in total. The molecule has 1 saturated carbocycles. The Morgan fingerprint density at radius 3 is 2.40 bits per heavy atom. The molecule has 2 atom stereocenters. The summed E-state index contributed by atoms with van der Waals surface area (Å²) in [7, 11) is 1.54. The van der Waals surface area contributed by atoms with Gasteiger partial charge in [-0.15, -0.1) is 0 Å². The Hall–Kier alpha value is -2.23. The van der Waals surface area contributed by atoms with Crippen molar-refractivity contribution in [3.05, 3.63) is 39.6 Å². The zero-order valence-electron chi connectivity index (χ0n) is 19.8. The Kier molecular flexibility index (Phi) is 7.68. The lowest BCUT2D eigenvalue weighted by Gasteiger charge is -2.33. The third-order valence-corrected chi connectivity index (χ3v) is 7.01. The quantitative estimate of drug-likeness (QED) is 0.344. The van der Waals surface area contributed by atoms with Crippen molar-refractivity contribution < 1.29 is 17.9 Å². The van der Waals surface area contributed by atoms with Gasteiger partial charge in [0.1, 0.15) is 11.6 Å². The van der Waals surface area contributed by atoms with Gasteiger partial charge in [0.2, 0.25) is 0 Å². The summed E-state index contributed by atoms with van der Waals surface area (Å²) in [5.74, 6) is -0.0653. The summed E-state index contributed by atoms with van der Waals surface area (Å²) in [4.78, 5) is 4.67. The van der Waals surface area contributed by atoms with Gasteiger partial charge in [-0.25, -0.2) is 4.98 Å². The first kappa shape index (κ1) is 25.9. The zero-order valence-corrected chi connectivity index (χ0v) is 21.3. The van der Waals surface area contributed by atoms with E-state index in [2.05, 4.69) is 20.7 Å². The van der Waals surface area contributed by atoms with E-state index in [9.17, 15) is 13.2 Å². The highest BCUT2D eigenvalue weighted by atomic mass is 35.5. The normalized spacial score (nSPS) is 18.7. The van der Waals surface area contributed by atoms with E-state index in [4.69, 9.17) is 27.9 Å². The summed E-state index contributed by atoms with van der Waals surface area (Å²) in [6.07, 6.45) is -2.02. The molecule has 1 aromatic carbocycles. The number of hydrogen-bond acceptors (Lipinski definition) is 5. The Bertz CT molecular complexity index is 1190. The molecule has 0 bridgehead atoms. The fourth-order valence-corrected chi connectivity index (χ4v) is 5.44. The van der Waals surface area contributed by atoms with E-state index in [0.29, 0.717) is 70.0 Å². The van der Waals surface area contributed by atoms with Gasteiger partial charge in [0.05, 0.1) is 34.3 Å². The van der Waals surface area contributed by atoms with Crippen molar-refractivity contribution in [3.63, 3.8) is 0 Å². The number of aryl methyl sites for hydroxylation is 2. The second-order valence-corrected chi connectivity index (χ2v) is 9.68. The molecule has 4 rings (SSSR count). The molecule has 1 fully saturated rings. The van der Waals surface area contributed by atoms with Crippen LogP contribution in [0.1, 0.15) is 37.1 Å². The second kappa shape index (κ2) is 10.4. The molecule has 0 aliphatic heterocycles. The van der Waals surface area contributed by atoms with Crippen molar-refractivity contribution in [3.8, 4) is 16.9 Å². The SMILES string of the molecule is COc1cc(Cl)c(-c2c(C)nn3c(NCCNC4CCCCC4C(F)(F)F)cc(C)nc23)c(Cl)c1. The Balaban J connectivity index is 1.56. The minimum absolute atomic E-state index is 0.185. The van der Waals surface area contributed by atoms with Gasteiger partial charge in [0.15, 0.2) is 5.65 Å². The molecule has 2 heterocycles. The van der Waals surface area contributed by atoms with Crippen LogP contribution >= 0.6 is 23.2 Å². The monoisotopic (exact) mass is 529 g/mol. The molecule has 0 saturated heterocycles. The second-order valence-electron chi connectivity index (χ2n) is 8.86. The number of hydrogen-bond donors (Lipinski definition) is 2. The summed E-state index contributed by atoms with van der Waals surface area (Å²) in [6, 6.07) is 4.67. The number of nitrogens with zero attached hydrogens (tertiary/aromatic N) is 3. The maximum absolute atomic E-state index is 13.4. The first-order valence-electron chi connectivity index (χ1n) is 11.5. The molecule has 0 spiro atoms. The summed E-state index contributed by atoms with van der Waals surface area (Å²) in [5.41, 5.74) is 3.34. The van der Waals surface area contributed by atoms with Crippen molar-refractivity contribution in [2.24, 2.45) is 5.92 Å². The van der Waals surface area contributed by atoms with E-state index in [0.717, 1.165) is 12.1 Å². The third-order valence-electron chi connectivity index (χ3n) is 6.42. The highest BCUT2D eigenvalue weighted by molar-refractivity contribution is 6.39. The van der Waals surface area contributed by atoms with Crippen LogP contribution in [0.15, 0.2) is 18.2 Å². The third kappa shape index (κ3) is 5.47. The average molecular weight is 530 g/mol. The van der Waals surface area contributed by atoms with Crippen LogP contribution in [0.3, 0.4) is 0 Å². The number of aromatic nitrogens is 3. The number of nitrogens with one attached hydrogen (secondary N) is 2. The van der Waals surface area contributed by atoms with Crippen molar-refractivity contribution in [1.82, 2.24) is 19.9 Å². The molecule has 190 valence electrons. The lowest BCUT2D eigenvalue weighted by molar-refractivity contribution is -0.188. The predicted octanol–water partition coefficient (Wildman–Crippen LogP) is 6.45. The van der Waals surface area contributed by atoms with Gasteiger partial charge < -0.3 is 15.4 Å². The zero-order chi connectivity index (χ0) is 25.3. The predicted molar refractivity (Wildman–Crippen MR) is 133 cm³/mol. The van der Waals surface area contributed by atoms with E-state index < -0.39 is 18.1 Å². The molecule has 0 amide bonds. The summed E-state index contributed by atoms with van der Waals surface area (Å²) >= 11 is 13.1. The maximum atomic E-state index is 13.4. The molecule has 35 heavy (non-hydrogen) atoms. The molecule has 3 aromatic rings. The smallest absolute Gasteiger partial charge is 0.393 e. The standard InChI is InChI=1S/C24H28Cl2F3N5O/c1-13-10-20(31-9-8-30-19-7-5-4-6-16(19)24(27,28)29)34-23(32-13)21(14(2)33-34)22-17(25)11-15(35-3)12-18(22)26/h10-12,16,19,30-31H,4-9H2,1-3H3. The van der Waals surface area contributed by atoms with E-state index in [1.165, 1.54) is 7.11 Å². The minimum Gasteiger partial charge on any atom is -0.497 e. The lowest BCUT2D eigenvalue weighted by Crippen LogP contribution is -2.46. The Labute approximate surface area is 212 Å². The van der Waals surface area contributed by atoms with Crippen molar-refractivity contribution in [2.45, 2.75) is 51.7 Å². The molecule has 0 radical (unpaired) electrons. The highest BCUT2D eigenvalue weighted by Gasteiger charge is 2.45. The van der Waals surface area contributed by atoms with Gasteiger partial charge in [-0.1, -0.05) is 36.0 Å². The molecule has 1 aliphatic rings. The first-order chi connectivity index (χ1) is 16.6. The fourth-order valence-electron chi connectivity index (χ4n) is 4.78. The van der Waals surface area contributed by atoms with Crippen LogP contribution in [0, 0.1) is 19.8 Å². The number of halogens is 5. The van der Waals surface area contributed by atoms with Crippen molar-refractivity contribution in [2.75, 3.05) is 25.5 Å². The van der Waals surface area contributed by atoms with Gasteiger partial charge in [0.25, 0.3) is 0 Å². The van der Waals surface area contributed by atoms with E-state index in [1.54, 1.807) is 16.6 Å². The fraction of sp³-hybridized carbons (Fsp3) is 0.500. The Morgan fingerprint density at radius 2 is 1.74 bits per heavy atom. The summed E-state index contributed by atoms with van der Waals surface area (Å²) in [6.45, 7) is 4.53. The molecule has 2 N–H and O–H groups in total. The first-order valence-corrected chi connectivity index (χ1v) is 12.3. The number of rotatable bonds is 7. The molecular weight excluding hydrogens is 502 g/mol. The molecule has 1 aliphatic carbocycles. The van der Waals surface area contributed by atoms with E-state index in [1.807, 2.05) is 19.9 Å². The highest BCUT2D eigenvalue weighted by Crippen LogP contribution is 2.41. The van der Waals surface area contributed by atoms with Crippen LogP contribution in [0.25, 0.3) is 16.8 Å². The summed E-state index contributed by atoms with van der Waals surface area (Å²) in [5, 5.41) is 11.9. The van der Waals surface area contributed by atoms with Crippen LogP contribution in [-0.4, -0.2) is 47.0 Å². The van der Waals surface area contributed by atoms with Crippen LogP contribution in [0.5, 0.6) is 5.75 Å². The van der Waals surface area contributed by atoms with Crippen molar-refractivity contribution in [1.29, 1.82) is 0 Å². The number of ether oxygens (including phenoxy) is 1. The average Bonchev–Trinajstić information content (AvgIpc) is 3.11. The van der Waals surface area contributed by atoms with Gasteiger partial charge in [-0.2, -0.15) is 22.8 Å². The maximum Gasteiger partial charge on any atom is 0.393 e. The topological polar surface area (TPSA) is 63.5 Å². The van der Waals surface area contributed by atoms with Gasteiger partial charge in [-0.3, -0.25) is 0 Å². The van der Waals surface area contributed by atoms with Crippen molar-refractivity contribution >= 4 is 34.7 Å². The largest absolute Gasteiger partial charge is 0.497 e. The number of methoxy groups -OCH3 is 1. The number of anilines is 1. The molecule has 2 unspecified atom stereocenters. The van der Waals surface area contributed by atoms with Crippen LogP contribution in [0.4, 0.5) is 19.0 Å². The Morgan fingerprint density at radius 1 is 1.06 bits per heavy atom. The molecule has 2 aromatic heterocycles. The minimum atomic E-state index is -4.17. The van der Waals surface area contributed by atoms with E-state index in [-0.39, 0.29) is 6.42 Å².